The summed E-state index contributed by atoms with van der Waals surface area (Å²) in [5.41, 5.74) is 6.21. The molecule has 0 atom stereocenters. The summed E-state index contributed by atoms with van der Waals surface area (Å²) in [6, 6.07) is 13.3. The lowest BCUT2D eigenvalue weighted by Crippen LogP contribution is -2.42. The molecule has 3 N–H and O–H groups in total. The standard InChI is InChI=1S/C18H19N5O/c19-18(20)23(11-4-10-22-12-9-21-13-22)17(24)16-8-3-6-14-5-1-2-7-15(14)16/h1-3,5-9,12-13H,4,10-11H2,(H3,19,20). The van der Waals surface area contributed by atoms with Crippen LogP contribution in [-0.2, 0) is 6.54 Å². The molecule has 24 heavy (non-hydrogen) atoms. The van der Waals surface area contributed by atoms with Gasteiger partial charge in [0.2, 0.25) is 0 Å². The SMILES string of the molecule is N=C(N)N(CCCn1ccnc1)C(=O)c1cccc2ccccc12. The average Bonchev–Trinajstić information content (AvgIpc) is 3.11. The summed E-state index contributed by atoms with van der Waals surface area (Å²) in [6.45, 7) is 1.10. The number of imidazole rings is 1. The topological polar surface area (TPSA) is 88.0 Å². The molecule has 1 heterocycles. The van der Waals surface area contributed by atoms with E-state index in [0.717, 1.165) is 10.8 Å². The van der Waals surface area contributed by atoms with E-state index < -0.39 is 0 Å². The minimum atomic E-state index is -0.245. The summed E-state index contributed by atoms with van der Waals surface area (Å²) in [4.78, 5) is 18.2. The van der Waals surface area contributed by atoms with E-state index in [-0.39, 0.29) is 11.9 Å². The van der Waals surface area contributed by atoms with Gasteiger partial charge in [-0.2, -0.15) is 0 Å². The zero-order chi connectivity index (χ0) is 16.9. The molecule has 0 spiro atoms. The highest BCUT2D eigenvalue weighted by Gasteiger charge is 2.19. The molecule has 0 aliphatic carbocycles. The number of benzene rings is 2. The largest absolute Gasteiger partial charge is 0.370 e. The third-order valence-electron chi connectivity index (χ3n) is 3.91. The third kappa shape index (κ3) is 3.27. The van der Waals surface area contributed by atoms with Gasteiger partial charge in [0.25, 0.3) is 5.91 Å². The first-order chi connectivity index (χ1) is 11.7. The number of nitrogens with two attached hydrogens (primary N) is 1. The van der Waals surface area contributed by atoms with E-state index in [2.05, 4.69) is 4.98 Å². The monoisotopic (exact) mass is 321 g/mol. The third-order valence-corrected chi connectivity index (χ3v) is 3.91. The molecule has 0 aliphatic heterocycles. The fraction of sp³-hybridized carbons (Fsp3) is 0.167. The van der Waals surface area contributed by atoms with Crippen molar-refractivity contribution < 1.29 is 4.79 Å². The van der Waals surface area contributed by atoms with E-state index in [4.69, 9.17) is 11.1 Å². The molecule has 6 nitrogen and oxygen atoms in total. The normalized spacial score (nSPS) is 10.7. The number of hydrogen-bond donors (Lipinski definition) is 2. The number of nitrogens with one attached hydrogen (secondary N) is 1. The summed E-state index contributed by atoms with van der Waals surface area (Å²) in [6.07, 6.45) is 5.99. The molecule has 1 amide bonds. The van der Waals surface area contributed by atoms with Crippen molar-refractivity contribution in [2.45, 2.75) is 13.0 Å². The van der Waals surface area contributed by atoms with Gasteiger partial charge < -0.3 is 10.3 Å². The summed E-state index contributed by atoms with van der Waals surface area (Å²) < 4.78 is 1.93. The summed E-state index contributed by atoms with van der Waals surface area (Å²) >= 11 is 0. The molecule has 0 unspecified atom stereocenters. The average molecular weight is 321 g/mol. The highest BCUT2D eigenvalue weighted by Crippen LogP contribution is 2.20. The Morgan fingerprint density at radius 2 is 2.00 bits per heavy atom. The smallest absolute Gasteiger partial charge is 0.261 e. The summed E-state index contributed by atoms with van der Waals surface area (Å²) in [7, 11) is 0. The van der Waals surface area contributed by atoms with Gasteiger partial charge in [-0.3, -0.25) is 15.1 Å². The van der Waals surface area contributed by atoms with Crippen LogP contribution in [0.15, 0.2) is 61.2 Å². The van der Waals surface area contributed by atoms with Gasteiger partial charge in [0.1, 0.15) is 0 Å². The summed E-state index contributed by atoms with van der Waals surface area (Å²) in [5.74, 6) is -0.483. The molecule has 0 aliphatic rings. The number of aromatic nitrogens is 2. The Bertz CT molecular complexity index is 851. The van der Waals surface area contributed by atoms with Crippen LogP contribution in [0.5, 0.6) is 0 Å². The highest BCUT2D eigenvalue weighted by atomic mass is 16.2. The molecule has 6 heteroatoms. The molecule has 1 aromatic heterocycles. The van der Waals surface area contributed by atoms with Crippen molar-refractivity contribution in [3.05, 3.63) is 66.7 Å². The fourth-order valence-electron chi connectivity index (χ4n) is 2.72. The van der Waals surface area contributed by atoms with Crippen molar-refractivity contribution >= 4 is 22.6 Å². The van der Waals surface area contributed by atoms with Crippen LogP contribution in [0.2, 0.25) is 0 Å². The Morgan fingerprint density at radius 1 is 1.21 bits per heavy atom. The van der Waals surface area contributed by atoms with Crippen molar-refractivity contribution in [1.82, 2.24) is 14.5 Å². The van der Waals surface area contributed by atoms with Crippen LogP contribution in [0.3, 0.4) is 0 Å². The number of guanidine groups is 1. The Balaban J connectivity index is 1.79. The Labute approximate surface area is 140 Å². The highest BCUT2D eigenvalue weighted by molar-refractivity contribution is 6.12. The van der Waals surface area contributed by atoms with Crippen LogP contribution in [0.25, 0.3) is 10.8 Å². The van der Waals surface area contributed by atoms with Gasteiger partial charge in [-0.05, 0) is 23.3 Å². The first kappa shape index (κ1) is 15.7. The van der Waals surface area contributed by atoms with Gasteiger partial charge in [-0.25, -0.2) is 4.98 Å². The van der Waals surface area contributed by atoms with Gasteiger partial charge in [-0.15, -0.1) is 0 Å². The van der Waals surface area contributed by atoms with Crippen molar-refractivity contribution in [3.8, 4) is 0 Å². The number of carbonyl (C=O) groups is 1. The van der Waals surface area contributed by atoms with Crippen LogP contribution in [0.4, 0.5) is 0 Å². The van der Waals surface area contributed by atoms with Gasteiger partial charge in [0.05, 0.1) is 6.33 Å². The second-order valence-corrected chi connectivity index (χ2v) is 5.52. The van der Waals surface area contributed by atoms with E-state index in [1.165, 1.54) is 4.90 Å². The van der Waals surface area contributed by atoms with Crippen LogP contribution in [-0.4, -0.2) is 32.9 Å². The number of rotatable bonds is 5. The molecule has 3 aromatic rings. The molecule has 3 rings (SSSR count). The maximum Gasteiger partial charge on any atom is 0.261 e. The molecule has 0 fully saturated rings. The lowest BCUT2D eigenvalue weighted by atomic mass is 10.0. The molecule has 2 aromatic carbocycles. The minimum absolute atomic E-state index is 0.237. The van der Waals surface area contributed by atoms with Crippen molar-refractivity contribution in [3.63, 3.8) is 0 Å². The zero-order valence-corrected chi connectivity index (χ0v) is 13.2. The predicted octanol–water partition coefficient (Wildman–Crippen LogP) is 2.46. The molecule has 0 saturated carbocycles. The first-order valence-electron chi connectivity index (χ1n) is 7.76. The molecule has 0 bridgehead atoms. The molecule has 0 saturated heterocycles. The van der Waals surface area contributed by atoms with Crippen LogP contribution >= 0.6 is 0 Å². The van der Waals surface area contributed by atoms with Gasteiger partial charge in [-0.1, -0.05) is 36.4 Å². The number of carbonyl (C=O) groups excluding carboxylic acids is 1. The maximum atomic E-state index is 12.9. The number of nitrogens with zero attached hydrogens (tertiary/aromatic N) is 3. The van der Waals surface area contributed by atoms with E-state index in [1.54, 1.807) is 18.6 Å². The van der Waals surface area contributed by atoms with E-state index in [9.17, 15) is 4.79 Å². The van der Waals surface area contributed by atoms with E-state index in [0.29, 0.717) is 25.1 Å². The van der Waals surface area contributed by atoms with E-state index in [1.807, 2.05) is 47.2 Å². The van der Waals surface area contributed by atoms with Crippen molar-refractivity contribution in [1.29, 1.82) is 5.41 Å². The first-order valence-corrected chi connectivity index (χ1v) is 7.76. The number of aryl methyl sites for hydroxylation is 1. The molecular formula is C18H19N5O. The van der Waals surface area contributed by atoms with Crippen LogP contribution < -0.4 is 5.73 Å². The predicted molar refractivity (Wildman–Crippen MR) is 93.7 cm³/mol. The van der Waals surface area contributed by atoms with Crippen LogP contribution in [0.1, 0.15) is 16.8 Å². The molecule has 0 radical (unpaired) electrons. The summed E-state index contributed by atoms with van der Waals surface area (Å²) in [5, 5.41) is 9.61. The van der Waals surface area contributed by atoms with Gasteiger partial charge in [0.15, 0.2) is 5.96 Å². The quantitative estimate of drug-likeness (QED) is 0.559. The molecule has 122 valence electrons. The molecular weight excluding hydrogens is 302 g/mol. The van der Waals surface area contributed by atoms with Crippen molar-refractivity contribution in [2.24, 2.45) is 5.73 Å². The number of hydrogen-bond acceptors (Lipinski definition) is 3. The Morgan fingerprint density at radius 3 is 2.75 bits per heavy atom. The van der Waals surface area contributed by atoms with E-state index >= 15 is 0 Å². The second-order valence-electron chi connectivity index (χ2n) is 5.52. The Kier molecular flexibility index (Phi) is 4.56. The minimum Gasteiger partial charge on any atom is -0.370 e. The van der Waals surface area contributed by atoms with Gasteiger partial charge in [0, 0.05) is 31.0 Å². The van der Waals surface area contributed by atoms with Crippen LogP contribution in [0, 0.1) is 5.41 Å². The lowest BCUT2D eigenvalue weighted by molar-refractivity contribution is 0.0844. The number of amides is 1. The lowest BCUT2D eigenvalue weighted by Gasteiger charge is -2.21. The fourth-order valence-corrected chi connectivity index (χ4v) is 2.72. The van der Waals surface area contributed by atoms with Crippen molar-refractivity contribution in [2.75, 3.05) is 6.54 Å². The Hall–Kier alpha value is -3.15. The van der Waals surface area contributed by atoms with Gasteiger partial charge >= 0.3 is 0 Å². The maximum absolute atomic E-state index is 12.9. The second kappa shape index (κ2) is 6.95. The number of fused-ring (bicyclic) bond motifs is 1. The zero-order valence-electron chi connectivity index (χ0n) is 13.2.